The van der Waals surface area contributed by atoms with Crippen LogP contribution in [0.5, 0.6) is 0 Å². The molecule has 0 spiro atoms. The monoisotopic (exact) mass is 563 g/mol. The van der Waals surface area contributed by atoms with Gasteiger partial charge in [0.2, 0.25) is 5.95 Å². The lowest BCUT2D eigenvalue weighted by Gasteiger charge is -2.34. The van der Waals surface area contributed by atoms with Crippen LogP contribution in [-0.2, 0) is 4.74 Å². The van der Waals surface area contributed by atoms with Crippen molar-refractivity contribution in [1.29, 1.82) is 0 Å². The SMILES string of the molecule is COCCN1CCN(c2ncc(-c3cccc(C(C)Nc4cc(-c5ccc6occ(C)c6c5)nc(C)n4)c3)cn2)CC1. The van der Waals surface area contributed by atoms with Crippen LogP contribution in [0.4, 0.5) is 11.8 Å². The summed E-state index contributed by atoms with van der Waals surface area (Å²) in [6.07, 6.45) is 5.64. The van der Waals surface area contributed by atoms with Gasteiger partial charge < -0.3 is 19.4 Å². The Bertz CT molecular complexity index is 1660. The third kappa shape index (κ3) is 6.12. The molecule has 3 aromatic heterocycles. The Kier molecular flexibility index (Phi) is 8.12. The molecule has 0 bridgehead atoms. The molecule has 1 fully saturated rings. The first kappa shape index (κ1) is 27.8. The fourth-order valence-corrected chi connectivity index (χ4v) is 5.42. The van der Waals surface area contributed by atoms with Crippen molar-refractivity contribution in [1.82, 2.24) is 24.8 Å². The normalized spacial score (nSPS) is 14.8. The number of anilines is 2. The molecule has 0 saturated carbocycles. The summed E-state index contributed by atoms with van der Waals surface area (Å²) in [7, 11) is 1.75. The van der Waals surface area contributed by atoms with Gasteiger partial charge >= 0.3 is 0 Å². The van der Waals surface area contributed by atoms with Gasteiger partial charge in [0, 0.05) is 80.8 Å². The third-order valence-corrected chi connectivity index (χ3v) is 7.89. The van der Waals surface area contributed by atoms with Gasteiger partial charge in [-0.05, 0) is 61.7 Å². The van der Waals surface area contributed by atoms with Crippen molar-refractivity contribution in [2.75, 3.05) is 56.7 Å². The Morgan fingerprint density at radius 2 is 1.74 bits per heavy atom. The minimum Gasteiger partial charge on any atom is -0.464 e. The van der Waals surface area contributed by atoms with Crippen molar-refractivity contribution >= 4 is 22.7 Å². The van der Waals surface area contributed by atoms with Crippen molar-refractivity contribution in [2.24, 2.45) is 0 Å². The highest BCUT2D eigenvalue weighted by molar-refractivity contribution is 5.85. The highest BCUT2D eigenvalue weighted by Gasteiger charge is 2.19. The molecule has 42 heavy (non-hydrogen) atoms. The lowest BCUT2D eigenvalue weighted by Crippen LogP contribution is -2.47. The van der Waals surface area contributed by atoms with E-state index in [-0.39, 0.29) is 6.04 Å². The van der Waals surface area contributed by atoms with Gasteiger partial charge in [0.25, 0.3) is 0 Å². The fourth-order valence-electron chi connectivity index (χ4n) is 5.42. The summed E-state index contributed by atoms with van der Waals surface area (Å²) in [5.74, 6) is 2.29. The number of rotatable bonds is 9. The number of methoxy groups -OCH3 is 1. The largest absolute Gasteiger partial charge is 0.464 e. The molecule has 2 aromatic carbocycles. The van der Waals surface area contributed by atoms with E-state index in [2.05, 4.69) is 64.3 Å². The zero-order chi connectivity index (χ0) is 29.1. The number of hydrogen-bond donors (Lipinski definition) is 1. The van der Waals surface area contributed by atoms with Crippen LogP contribution < -0.4 is 10.2 Å². The number of ether oxygens (including phenoxy) is 1. The van der Waals surface area contributed by atoms with E-state index in [9.17, 15) is 0 Å². The summed E-state index contributed by atoms with van der Waals surface area (Å²) in [6.45, 7) is 11.7. The average molecular weight is 564 g/mol. The minimum atomic E-state index is 0.0280. The molecule has 1 atom stereocenters. The first-order valence-corrected chi connectivity index (χ1v) is 14.5. The van der Waals surface area contributed by atoms with Crippen LogP contribution in [0.25, 0.3) is 33.4 Å². The third-order valence-electron chi connectivity index (χ3n) is 7.89. The van der Waals surface area contributed by atoms with E-state index in [4.69, 9.17) is 24.1 Å². The van der Waals surface area contributed by atoms with Crippen molar-refractivity contribution < 1.29 is 9.15 Å². The Balaban J connectivity index is 1.14. The smallest absolute Gasteiger partial charge is 0.225 e. The maximum Gasteiger partial charge on any atom is 0.225 e. The van der Waals surface area contributed by atoms with Crippen LogP contribution in [0.1, 0.15) is 29.9 Å². The second-order valence-electron chi connectivity index (χ2n) is 10.9. The van der Waals surface area contributed by atoms with Gasteiger partial charge in [0.05, 0.1) is 18.6 Å². The molecule has 0 aliphatic carbocycles. The van der Waals surface area contributed by atoms with E-state index >= 15 is 0 Å². The Hall–Kier alpha value is -4.34. The highest BCUT2D eigenvalue weighted by atomic mass is 16.5. The van der Waals surface area contributed by atoms with E-state index in [1.54, 1.807) is 13.4 Å². The minimum absolute atomic E-state index is 0.0280. The quantitative estimate of drug-likeness (QED) is 0.235. The number of furan rings is 1. The molecule has 4 heterocycles. The Morgan fingerprint density at radius 3 is 2.52 bits per heavy atom. The van der Waals surface area contributed by atoms with Crippen LogP contribution in [0.3, 0.4) is 0 Å². The standard InChI is InChI=1S/C33H37N7O2/c1-22-21-42-31-9-8-27(17-29(22)31)30-18-32(38-24(3)37-30)36-23(2)25-6-5-7-26(16-25)28-19-34-33(35-20-28)40-12-10-39(11-13-40)14-15-41-4/h5-9,16-21,23H,10-15H2,1-4H3,(H,36,37,38). The molecular weight excluding hydrogens is 526 g/mol. The molecule has 1 aliphatic rings. The van der Waals surface area contributed by atoms with Gasteiger partial charge in [-0.15, -0.1) is 0 Å². The lowest BCUT2D eigenvalue weighted by molar-refractivity contribution is 0.143. The van der Waals surface area contributed by atoms with Crippen LogP contribution >= 0.6 is 0 Å². The number of benzene rings is 2. The van der Waals surface area contributed by atoms with Crippen molar-refractivity contribution in [3.63, 3.8) is 0 Å². The van der Waals surface area contributed by atoms with Gasteiger partial charge in [-0.25, -0.2) is 19.9 Å². The summed E-state index contributed by atoms with van der Waals surface area (Å²) < 4.78 is 10.8. The summed E-state index contributed by atoms with van der Waals surface area (Å²) in [5.41, 5.74) is 7.13. The predicted octanol–water partition coefficient (Wildman–Crippen LogP) is 5.91. The molecule has 9 heteroatoms. The highest BCUT2D eigenvalue weighted by Crippen LogP contribution is 2.29. The summed E-state index contributed by atoms with van der Waals surface area (Å²) in [5, 5.41) is 4.68. The number of nitrogens with one attached hydrogen (secondary N) is 1. The molecule has 1 N–H and O–H groups in total. The predicted molar refractivity (Wildman–Crippen MR) is 167 cm³/mol. The van der Waals surface area contributed by atoms with Crippen molar-refractivity contribution in [2.45, 2.75) is 26.8 Å². The van der Waals surface area contributed by atoms with E-state index < -0.39 is 0 Å². The topological polar surface area (TPSA) is 92.4 Å². The van der Waals surface area contributed by atoms with Crippen LogP contribution in [-0.4, -0.2) is 71.3 Å². The second kappa shape index (κ2) is 12.3. The number of nitrogens with zero attached hydrogens (tertiary/aromatic N) is 6. The fraction of sp³-hybridized carbons (Fsp3) is 0.333. The lowest BCUT2D eigenvalue weighted by atomic mass is 10.0. The first-order chi connectivity index (χ1) is 20.5. The van der Waals surface area contributed by atoms with Crippen LogP contribution in [0.2, 0.25) is 0 Å². The molecule has 1 unspecified atom stereocenters. The molecule has 1 saturated heterocycles. The van der Waals surface area contributed by atoms with Crippen LogP contribution in [0.15, 0.2) is 71.6 Å². The van der Waals surface area contributed by atoms with E-state index in [0.717, 1.165) is 95.6 Å². The number of piperazine rings is 1. The number of fused-ring (bicyclic) bond motifs is 1. The van der Waals surface area contributed by atoms with Gasteiger partial charge in [-0.3, -0.25) is 4.90 Å². The molecule has 0 radical (unpaired) electrons. The zero-order valence-corrected chi connectivity index (χ0v) is 24.7. The van der Waals surface area contributed by atoms with Crippen LogP contribution in [0, 0.1) is 13.8 Å². The summed E-state index contributed by atoms with van der Waals surface area (Å²) >= 11 is 0. The Labute approximate surface area is 246 Å². The summed E-state index contributed by atoms with van der Waals surface area (Å²) in [6, 6.07) is 16.7. The summed E-state index contributed by atoms with van der Waals surface area (Å²) in [4.78, 5) is 23.5. The molecule has 5 aromatic rings. The molecule has 1 aliphatic heterocycles. The maximum absolute atomic E-state index is 5.62. The van der Waals surface area contributed by atoms with E-state index in [0.29, 0.717) is 5.82 Å². The van der Waals surface area contributed by atoms with Gasteiger partial charge in [0.15, 0.2) is 0 Å². The number of hydrogen-bond acceptors (Lipinski definition) is 9. The molecule has 9 nitrogen and oxygen atoms in total. The van der Waals surface area contributed by atoms with E-state index in [1.165, 1.54) is 0 Å². The first-order valence-electron chi connectivity index (χ1n) is 14.5. The van der Waals surface area contributed by atoms with Crippen molar-refractivity contribution in [3.05, 3.63) is 84.1 Å². The van der Waals surface area contributed by atoms with E-state index in [1.807, 2.05) is 37.5 Å². The van der Waals surface area contributed by atoms with Crippen molar-refractivity contribution in [3.8, 4) is 22.4 Å². The molecule has 6 rings (SSSR count). The zero-order valence-electron chi connectivity index (χ0n) is 24.7. The van der Waals surface area contributed by atoms with Gasteiger partial charge in [0.1, 0.15) is 17.2 Å². The molecular formula is C33H37N7O2. The maximum atomic E-state index is 5.62. The van der Waals surface area contributed by atoms with Gasteiger partial charge in [-0.2, -0.15) is 0 Å². The van der Waals surface area contributed by atoms with Gasteiger partial charge in [-0.1, -0.05) is 18.2 Å². The number of aryl methyl sites for hydroxylation is 2. The Morgan fingerprint density at radius 1 is 0.929 bits per heavy atom. The number of aromatic nitrogens is 4. The second-order valence-corrected chi connectivity index (χ2v) is 10.9. The molecule has 0 amide bonds. The average Bonchev–Trinajstić information content (AvgIpc) is 3.40. The molecule has 216 valence electrons.